The Morgan fingerprint density at radius 3 is 2.25 bits per heavy atom. The van der Waals surface area contributed by atoms with Gasteiger partial charge in [-0.25, -0.2) is 0 Å². The minimum Gasteiger partial charge on any atom is -0.416 e. The van der Waals surface area contributed by atoms with E-state index in [9.17, 15) is 4.79 Å². The van der Waals surface area contributed by atoms with Crippen LogP contribution in [0.3, 0.4) is 0 Å². The summed E-state index contributed by atoms with van der Waals surface area (Å²) in [6.45, 7) is 11.8. The molecule has 0 heterocycles. The average Bonchev–Trinajstić information content (AvgIpc) is 3.34. The number of hydrogen-bond donors (Lipinski definition) is 0. The van der Waals surface area contributed by atoms with Crippen LogP contribution in [0.5, 0.6) is 0 Å². The van der Waals surface area contributed by atoms with Gasteiger partial charge >= 0.3 is 0 Å². The smallest absolute Gasteiger partial charge is 0.192 e. The SMILES string of the molecule is CC(C)(C)[Si](C)(C)OCC(C=O)(CC=C1CC1)Cc1ccccc1. The summed E-state index contributed by atoms with van der Waals surface area (Å²) in [7, 11) is -1.87. The van der Waals surface area contributed by atoms with Crippen LogP contribution in [0.2, 0.25) is 18.1 Å². The van der Waals surface area contributed by atoms with Crippen molar-refractivity contribution in [3.63, 3.8) is 0 Å². The van der Waals surface area contributed by atoms with E-state index in [0.29, 0.717) is 6.61 Å². The molecule has 0 saturated heterocycles. The van der Waals surface area contributed by atoms with E-state index in [1.54, 1.807) is 0 Å². The van der Waals surface area contributed by atoms with Crippen molar-refractivity contribution in [2.45, 2.75) is 64.6 Å². The second-order valence-electron chi connectivity index (χ2n) is 8.76. The fourth-order valence-corrected chi connectivity index (χ4v) is 3.55. The summed E-state index contributed by atoms with van der Waals surface area (Å²) in [6, 6.07) is 10.3. The molecule has 1 aliphatic carbocycles. The number of carbonyl (C=O) groups is 1. The summed E-state index contributed by atoms with van der Waals surface area (Å²) in [5.41, 5.74) is 2.24. The van der Waals surface area contributed by atoms with Crippen LogP contribution in [0.4, 0.5) is 0 Å². The largest absolute Gasteiger partial charge is 0.416 e. The molecule has 0 bridgehead atoms. The summed E-state index contributed by atoms with van der Waals surface area (Å²) in [6.07, 6.45) is 7.34. The van der Waals surface area contributed by atoms with Crippen LogP contribution in [-0.2, 0) is 15.6 Å². The number of hydrogen-bond acceptors (Lipinski definition) is 2. The van der Waals surface area contributed by atoms with Crippen LogP contribution in [0.15, 0.2) is 42.0 Å². The third kappa shape index (κ3) is 5.15. The molecule has 24 heavy (non-hydrogen) atoms. The minimum absolute atomic E-state index is 0.156. The second kappa shape index (κ2) is 7.36. The zero-order valence-electron chi connectivity index (χ0n) is 15.9. The Kier molecular flexibility index (Phi) is 5.87. The van der Waals surface area contributed by atoms with E-state index in [0.717, 1.165) is 19.1 Å². The fraction of sp³-hybridized carbons (Fsp3) is 0.571. The van der Waals surface area contributed by atoms with E-state index in [1.807, 2.05) is 18.2 Å². The van der Waals surface area contributed by atoms with Crippen molar-refractivity contribution in [1.29, 1.82) is 0 Å². The van der Waals surface area contributed by atoms with Gasteiger partial charge in [-0.15, -0.1) is 0 Å². The van der Waals surface area contributed by atoms with Gasteiger partial charge < -0.3 is 9.22 Å². The van der Waals surface area contributed by atoms with E-state index < -0.39 is 13.7 Å². The van der Waals surface area contributed by atoms with Gasteiger partial charge in [0.2, 0.25) is 0 Å². The Hall–Kier alpha value is -1.19. The standard InChI is InChI=1S/C21H32O2Si/c1-20(2,3)24(4,5)23-17-21(16-22,14-13-18-11-12-18)15-19-9-7-6-8-10-19/h6-10,13,16H,11-12,14-15,17H2,1-5H3. The molecule has 0 radical (unpaired) electrons. The highest BCUT2D eigenvalue weighted by Gasteiger charge is 2.40. The lowest BCUT2D eigenvalue weighted by atomic mass is 9.80. The van der Waals surface area contributed by atoms with E-state index >= 15 is 0 Å². The molecule has 1 aromatic rings. The number of allylic oxidation sites excluding steroid dienone is 2. The lowest BCUT2D eigenvalue weighted by molar-refractivity contribution is -0.117. The molecular formula is C21H32O2Si. The Bertz CT molecular complexity index is 578. The highest BCUT2D eigenvalue weighted by Crippen LogP contribution is 2.39. The first-order chi connectivity index (χ1) is 11.2. The maximum atomic E-state index is 12.1. The highest BCUT2D eigenvalue weighted by molar-refractivity contribution is 6.74. The van der Waals surface area contributed by atoms with Gasteiger partial charge in [-0.3, -0.25) is 0 Å². The van der Waals surface area contributed by atoms with Crippen molar-refractivity contribution in [2.75, 3.05) is 6.61 Å². The lowest BCUT2D eigenvalue weighted by Gasteiger charge is -2.39. The molecular weight excluding hydrogens is 312 g/mol. The van der Waals surface area contributed by atoms with Crippen LogP contribution in [0, 0.1) is 5.41 Å². The van der Waals surface area contributed by atoms with Gasteiger partial charge in [0.25, 0.3) is 0 Å². The third-order valence-corrected chi connectivity index (χ3v) is 9.99. The molecule has 3 heteroatoms. The zero-order chi connectivity index (χ0) is 17.8. The molecule has 132 valence electrons. The van der Waals surface area contributed by atoms with Gasteiger partial charge in [0.05, 0.1) is 5.41 Å². The third-order valence-electron chi connectivity index (χ3n) is 5.51. The highest BCUT2D eigenvalue weighted by atomic mass is 28.4. The van der Waals surface area contributed by atoms with Crippen molar-refractivity contribution >= 4 is 14.6 Å². The molecule has 0 amide bonds. The summed E-state index contributed by atoms with van der Waals surface area (Å²) in [5.74, 6) is 0. The van der Waals surface area contributed by atoms with Gasteiger partial charge in [-0.05, 0) is 49.4 Å². The normalized spacial score (nSPS) is 17.3. The Morgan fingerprint density at radius 2 is 1.75 bits per heavy atom. The van der Waals surface area contributed by atoms with Crippen LogP contribution in [0.1, 0.15) is 45.6 Å². The predicted molar refractivity (Wildman–Crippen MR) is 104 cm³/mol. The topological polar surface area (TPSA) is 26.3 Å². The summed E-state index contributed by atoms with van der Waals surface area (Å²) in [5, 5.41) is 0.156. The molecule has 0 N–H and O–H groups in total. The van der Waals surface area contributed by atoms with E-state index in [4.69, 9.17) is 4.43 Å². The van der Waals surface area contributed by atoms with E-state index in [1.165, 1.54) is 24.0 Å². The minimum atomic E-state index is -1.87. The maximum absolute atomic E-state index is 12.1. The van der Waals surface area contributed by atoms with Gasteiger partial charge in [0, 0.05) is 6.61 Å². The Morgan fingerprint density at radius 1 is 1.12 bits per heavy atom. The van der Waals surface area contributed by atoms with Crippen molar-refractivity contribution in [2.24, 2.45) is 5.41 Å². The average molecular weight is 345 g/mol. The summed E-state index contributed by atoms with van der Waals surface area (Å²) < 4.78 is 6.45. The molecule has 2 rings (SSSR count). The van der Waals surface area contributed by atoms with Crippen molar-refractivity contribution in [3.05, 3.63) is 47.5 Å². The summed E-state index contributed by atoms with van der Waals surface area (Å²) in [4.78, 5) is 12.1. The molecule has 0 aliphatic heterocycles. The monoisotopic (exact) mass is 344 g/mol. The molecule has 1 aromatic carbocycles. The van der Waals surface area contributed by atoms with E-state index in [-0.39, 0.29) is 5.04 Å². The quantitative estimate of drug-likeness (QED) is 0.351. The van der Waals surface area contributed by atoms with Crippen LogP contribution in [-0.4, -0.2) is 21.2 Å². The zero-order valence-corrected chi connectivity index (χ0v) is 16.9. The Labute approximate surface area is 148 Å². The van der Waals surface area contributed by atoms with Crippen molar-refractivity contribution in [3.8, 4) is 0 Å². The number of benzene rings is 1. The fourth-order valence-electron chi connectivity index (χ4n) is 2.47. The summed E-state index contributed by atoms with van der Waals surface area (Å²) >= 11 is 0. The van der Waals surface area contributed by atoms with Crippen molar-refractivity contribution < 1.29 is 9.22 Å². The van der Waals surface area contributed by atoms with Crippen molar-refractivity contribution in [1.82, 2.24) is 0 Å². The first kappa shape index (κ1) is 19.1. The number of aldehydes is 1. The maximum Gasteiger partial charge on any atom is 0.192 e. The molecule has 0 spiro atoms. The van der Waals surface area contributed by atoms with Gasteiger partial charge in [0.1, 0.15) is 6.29 Å². The first-order valence-electron chi connectivity index (χ1n) is 9.00. The number of carbonyl (C=O) groups excluding carboxylic acids is 1. The predicted octanol–water partition coefficient (Wildman–Crippen LogP) is 5.55. The molecule has 1 saturated carbocycles. The Balaban J connectivity index is 2.17. The molecule has 1 fully saturated rings. The molecule has 1 atom stereocenters. The number of rotatable bonds is 8. The van der Waals surface area contributed by atoms with E-state index in [2.05, 4.69) is 52.1 Å². The molecule has 1 unspecified atom stereocenters. The van der Waals surface area contributed by atoms with Gasteiger partial charge in [-0.2, -0.15) is 0 Å². The second-order valence-corrected chi connectivity index (χ2v) is 13.6. The molecule has 0 aromatic heterocycles. The lowest BCUT2D eigenvalue weighted by Crippen LogP contribution is -2.45. The van der Waals surface area contributed by atoms with Gasteiger partial charge in [0.15, 0.2) is 8.32 Å². The molecule has 1 aliphatic rings. The first-order valence-corrected chi connectivity index (χ1v) is 11.9. The van der Waals surface area contributed by atoms with Crippen LogP contribution >= 0.6 is 0 Å². The van der Waals surface area contributed by atoms with Crippen LogP contribution < -0.4 is 0 Å². The molecule has 2 nitrogen and oxygen atoms in total. The van der Waals surface area contributed by atoms with Gasteiger partial charge in [-0.1, -0.05) is 62.8 Å². The van der Waals surface area contributed by atoms with Crippen LogP contribution in [0.25, 0.3) is 0 Å².